The second kappa shape index (κ2) is 11.2. The molecule has 1 atom stereocenters. The second-order valence-electron chi connectivity index (χ2n) is 7.94. The number of hydrogen-bond acceptors (Lipinski definition) is 8. The van der Waals surface area contributed by atoms with E-state index < -0.39 is 6.10 Å². The fourth-order valence-corrected chi connectivity index (χ4v) is 3.82. The van der Waals surface area contributed by atoms with Gasteiger partial charge in [-0.05, 0) is 68.5 Å². The Hall–Kier alpha value is -2.97. The predicted octanol–water partition coefficient (Wildman–Crippen LogP) is 3.81. The predicted molar refractivity (Wildman–Crippen MR) is 129 cm³/mol. The van der Waals surface area contributed by atoms with Crippen LogP contribution in [0.4, 0.5) is 5.82 Å². The summed E-state index contributed by atoms with van der Waals surface area (Å²) in [6.45, 7) is 11.8. The van der Waals surface area contributed by atoms with Gasteiger partial charge in [-0.25, -0.2) is 4.98 Å². The molecule has 2 aromatic heterocycles. The number of anilines is 1. The van der Waals surface area contributed by atoms with Crippen LogP contribution in [0.15, 0.2) is 28.9 Å². The van der Waals surface area contributed by atoms with Crippen molar-refractivity contribution in [3.8, 4) is 28.6 Å². The average molecular weight is 455 g/mol. The van der Waals surface area contributed by atoms with Crippen LogP contribution in [-0.2, 0) is 12.8 Å². The molecule has 2 heterocycles. The highest BCUT2D eigenvalue weighted by atomic mass is 16.5. The highest BCUT2D eigenvalue weighted by molar-refractivity contribution is 5.65. The van der Waals surface area contributed by atoms with Gasteiger partial charge in [-0.3, -0.25) is 0 Å². The molecule has 0 aliphatic carbocycles. The summed E-state index contributed by atoms with van der Waals surface area (Å²) in [5, 5.41) is 22.9. The van der Waals surface area contributed by atoms with Crippen LogP contribution in [0.1, 0.15) is 44.4 Å². The third kappa shape index (κ3) is 5.51. The van der Waals surface area contributed by atoms with Crippen LogP contribution in [-0.4, -0.2) is 57.7 Å². The molecule has 8 heteroatoms. The van der Waals surface area contributed by atoms with Crippen LogP contribution >= 0.6 is 0 Å². The molecule has 3 rings (SSSR count). The van der Waals surface area contributed by atoms with E-state index in [4.69, 9.17) is 14.4 Å². The van der Waals surface area contributed by atoms with E-state index in [1.165, 1.54) is 0 Å². The first-order valence-electron chi connectivity index (χ1n) is 11.6. The molecule has 33 heavy (non-hydrogen) atoms. The number of ether oxygens (including phenoxy) is 1. The van der Waals surface area contributed by atoms with Gasteiger partial charge in [0.2, 0.25) is 5.82 Å². The number of hydrogen-bond donors (Lipinski definition) is 2. The van der Waals surface area contributed by atoms with Gasteiger partial charge in [-0.15, -0.1) is 0 Å². The third-order valence-corrected chi connectivity index (χ3v) is 5.68. The number of pyridine rings is 1. The minimum Gasteiger partial charge on any atom is -0.490 e. The van der Waals surface area contributed by atoms with Crippen molar-refractivity contribution in [2.45, 2.75) is 53.6 Å². The van der Waals surface area contributed by atoms with Gasteiger partial charge in [-0.1, -0.05) is 19.0 Å². The maximum absolute atomic E-state index is 9.62. The molecule has 0 radical (unpaired) electrons. The summed E-state index contributed by atoms with van der Waals surface area (Å²) < 4.78 is 11.4. The zero-order valence-corrected chi connectivity index (χ0v) is 20.1. The van der Waals surface area contributed by atoms with Crippen LogP contribution in [0.25, 0.3) is 22.8 Å². The molecule has 0 aliphatic heterocycles. The molecule has 0 saturated heterocycles. The van der Waals surface area contributed by atoms with Crippen molar-refractivity contribution in [1.82, 2.24) is 15.1 Å². The number of rotatable bonds is 11. The Balaban J connectivity index is 1.90. The van der Waals surface area contributed by atoms with Crippen LogP contribution in [0, 0.1) is 6.92 Å². The van der Waals surface area contributed by atoms with Crippen molar-refractivity contribution in [2.24, 2.45) is 0 Å². The molecule has 2 N–H and O–H groups in total. The topological polar surface area (TPSA) is 105 Å². The Morgan fingerprint density at radius 2 is 1.73 bits per heavy atom. The molecule has 0 fully saturated rings. The molecule has 1 aromatic carbocycles. The first-order valence-corrected chi connectivity index (χ1v) is 11.6. The van der Waals surface area contributed by atoms with E-state index in [9.17, 15) is 5.11 Å². The summed E-state index contributed by atoms with van der Waals surface area (Å²) in [5.41, 5.74) is 4.65. The lowest BCUT2D eigenvalue weighted by atomic mass is 10.0. The summed E-state index contributed by atoms with van der Waals surface area (Å²) in [6, 6.07) is 5.99. The lowest BCUT2D eigenvalue weighted by Crippen LogP contribution is -2.24. The van der Waals surface area contributed by atoms with Gasteiger partial charge in [0.25, 0.3) is 5.89 Å². The van der Waals surface area contributed by atoms with E-state index in [1.807, 2.05) is 26.0 Å². The second-order valence-corrected chi connectivity index (χ2v) is 7.94. The van der Waals surface area contributed by atoms with Crippen molar-refractivity contribution < 1.29 is 19.5 Å². The van der Waals surface area contributed by atoms with E-state index in [0.29, 0.717) is 17.5 Å². The van der Waals surface area contributed by atoms with Crippen LogP contribution in [0.2, 0.25) is 0 Å². The van der Waals surface area contributed by atoms with Crippen molar-refractivity contribution in [3.63, 3.8) is 0 Å². The zero-order valence-electron chi connectivity index (χ0n) is 20.1. The summed E-state index contributed by atoms with van der Waals surface area (Å²) >= 11 is 0. The Bertz CT molecular complexity index is 1060. The number of aryl methyl sites for hydroxylation is 3. The quantitative estimate of drug-likeness (QED) is 0.451. The molecule has 8 nitrogen and oxygen atoms in total. The van der Waals surface area contributed by atoms with E-state index in [-0.39, 0.29) is 13.2 Å². The minimum absolute atomic E-state index is 0.0340. The first kappa shape index (κ1) is 24.7. The zero-order chi connectivity index (χ0) is 24.0. The van der Waals surface area contributed by atoms with E-state index in [1.54, 1.807) is 6.20 Å². The van der Waals surface area contributed by atoms with Gasteiger partial charge in [-0.2, -0.15) is 4.98 Å². The molecular formula is C25H34N4O4. The van der Waals surface area contributed by atoms with E-state index >= 15 is 0 Å². The smallest absolute Gasteiger partial charge is 0.259 e. The van der Waals surface area contributed by atoms with E-state index in [0.717, 1.165) is 59.6 Å². The van der Waals surface area contributed by atoms with E-state index in [2.05, 4.69) is 46.9 Å². The summed E-state index contributed by atoms with van der Waals surface area (Å²) in [5.74, 6) is 2.63. The molecule has 0 saturated carbocycles. The number of benzene rings is 1. The van der Waals surface area contributed by atoms with Crippen LogP contribution in [0.5, 0.6) is 5.75 Å². The van der Waals surface area contributed by atoms with Gasteiger partial charge in [0.1, 0.15) is 24.3 Å². The molecule has 0 aliphatic rings. The maximum Gasteiger partial charge on any atom is 0.259 e. The highest BCUT2D eigenvalue weighted by Crippen LogP contribution is 2.32. The fraction of sp³-hybridized carbons (Fsp3) is 0.480. The molecular weight excluding hydrogens is 420 g/mol. The summed E-state index contributed by atoms with van der Waals surface area (Å²) in [4.78, 5) is 11.6. The van der Waals surface area contributed by atoms with Crippen LogP contribution < -0.4 is 9.64 Å². The SMILES string of the molecule is CCc1cc(-c2nc(-c3cc(C)c(OC[C@@H](O)CO)c(CC)c3)no2)cnc1N(CC)CC. The Morgan fingerprint density at radius 3 is 2.36 bits per heavy atom. The van der Waals surface area contributed by atoms with Gasteiger partial charge >= 0.3 is 0 Å². The monoisotopic (exact) mass is 454 g/mol. The van der Waals surface area contributed by atoms with Gasteiger partial charge in [0.15, 0.2) is 0 Å². The Kier molecular flexibility index (Phi) is 8.41. The number of aliphatic hydroxyl groups is 2. The largest absolute Gasteiger partial charge is 0.490 e. The summed E-state index contributed by atoms with van der Waals surface area (Å²) in [6.07, 6.45) is 2.47. The lowest BCUT2D eigenvalue weighted by Gasteiger charge is -2.22. The van der Waals surface area contributed by atoms with Crippen molar-refractivity contribution in [3.05, 3.63) is 41.1 Å². The maximum atomic E-state index is 9.62. The lowest BCUT2D eigenvalue weighted by molar-refractivity contribution is 0.0531. The number of aromatic nitrogens is 3. The molecule has 3 aromatic rings. The normalized spacial score (nSPS) is 12.1. The van der Waals surface area contributed by atoms with Crippen molar-refractivity contribution >= 4 is 5.82 Å². The molecule has 178 valence electrons. The van der Waals surface area contributed by atoms with Crippen LogP contribution in [0.3, 0.4) is 0 Å². The van der Waals surface area contributed by atoms with Crippen molar-refractivity contribution in [1.29, 1.82) is 0 Å². The first-order chi connectivity index (χ1) is 15.9. The molecule has 0 bridgehead atoms. The van der Waals surface area contributed by atoms with Crippen molar-refractivity contribution in [2.75, 3.05) is 31.2 Å². The third-order valence-electron chi connectivity index (χ3n) is 5.68. The Labute approximate surface area is 195 Å². The standard InChI is InChI=1S/C25H34N4O4/c1-6-17-11-19(10-16(5)22(17)32-15-21(31)14-30)23-27-25(33-28-23)20-12-18(7-2)24(26-13-20)29(8-3)9-4/h10-13,21,30-31H,6-9,14-15H2,1-5H3/t21-/m0/s1. The minimum atomic E-state index is -0.914. The molecule has 0 unspecified atom stereocenters. The number of nitrogens with zero attached hydrogens (tertiary/aromatic N) is 4. The molecule has 0 amide bonds. The highest BCUT2D eigenvalue weighted by Gasteiger charge is 2.18. The summed E-state index contributed by atoms with van der Waals surface area (Å²) in [7, 11) is 0. The van der Waals surface area contributed by atoms with Gasteiger partial charge < -0.3 is 24.4 Å². The Morgan fingerprint density at radius 1 is 1.03 bits per heavy atom. The number of aliphatic hydroxyl groups excluding tert-OH is 2. The molecule has 0 spiro atoms. The fourth-order valence-electron chi connectivity index (χ4n) is 3.82. The van der Waals surface area contributed by atoms with Gasteiger partial charge in [0, 0.05) is 24.8 Å². The average Bonchev–Trinajstić information content (AvgIpc) is 3.33. The van der Waals surface area contributed by atoms with Gasteiger partial charge in [0.05, 0.1) is 12.2 Å².